The molecule has 22 heavy (non-hydrogen) atoms. The molecule has 2 rings (SSSR count). The van der Waals surface area contributed by atoms with Gasteiger partial charge in [-0.1, -0.05) is 18.2 Å². The van der Waals surface area contributed by atoms with Gasteiger partial charge in [-0.15, -0.1) is 11.3 Å². The number of phenols is 1. The van der Waals surface area contributed by atoms with Gasteiger partial charge in [-0.05, 0) is 36.1 Å². The smallest absolute Gasteiger partial charge is 0.178 e. The van der Waals surface area contributed by atoms with Crippen molar-refractivity contribution in [2.45, 2.75) is 25.5 Å². The summed E-state index contributed by atoms with van der Waals surface area (Å²) in [5.74, 6) is 0.330. The highest BCUT2D eigenvalue weighted by atomic mass is 35.5. The number of carbonyl (C=O) groups is 1. The van der Waals surface area contributed by atoms with E-state index in [1.807, 2.05) is 29.8 Å². The zero-order chi connectivity index (χ0) is 15.2. The summed E-state index contributed by atoms with van der Waals surface area (Å²) in [4.78, 5) is 12.7. The minimum atomic E-state index is -0.623. The molecule has 0 aliphatic rings. The first-order valence-electron chi connectivity index (χ1n) is 6.95. The predicted octanol–water partition coefficient (Wildman–Crippen LogP) is -1.28. The summed E-state index contributed by atoms with van der Waals surface area (Å²) in [5, 5.41) is 23.3. The standard InChI is InChI=1S/C16H19NO3S.ClH/c1-11(16(20)12-4-6-13(18)7-5-12)17-9-8-14(19)15-3-2-10-21-15;/h2-7,10-11,16-18,20H,8-9H2,1H3;1H. The summed E-state index contributed by atoms with van der Waals surface area (Å²) in [5.41, 5.74) is 0.765. The van der Waals surface area contributed by atoms with Gasteiger partial charge in [0, 0.05) is 0 Å². The molecule has 0 aliphatic heterocycles. The van der Waals surface area contributed by atoms with Gasteiger partial charge in [0.2, 0.25) is 0 Å². The second-order valence-electron chi connectivity index (χ2n) is 5.07. The minimum Gasteiger partial charge on any atom is -1.00 e. The van der Waals surface area contributed by atoms with Gasteiger partial charge in [0.15, 0.2) is 5.78 Å². The van der Waals surface area contributed by atoms with Gasteiger partial charge in [0.1, 0.15) is 17.9 Å². The van der Waals surface area contributed by atoms with Crippen LogP contribution in [0.4, 0.5) is 0 Å². The highest BCUT2D eigenvalue weighted by molar-refractivity contribution is 7.12. The van der Waals surface area contributed by atoms with Crippen LogP contribution in [-0.4, -0.2) is 28.6 Å². The van der Waals surface area contributed by atoms with Crippen LogP contribution in [0.2, 0.25) is 0 Å². The summed E-state index contributed by atoms with van der Waals surface area (Å²) in [6.45, 7) is 2.57. The molecule has 0 saturated heterocycles. The van der Waals surface area contributed by atoms with E-state index < -0.39 is 6.10 Å². The van der Waals surface area contributed by atoms with Gasteiger partial charge >= 0.3 is 0 Å². The zero-order valence-corrected chi connectivity index (χ0v) is 13.8. The molecule has 0 bridgehead atoms. The fourth-order valence-corrected chi connectivity index (χ4v) is 2.84. The molecule has 2 atom stereocenters. The number of hydrogen-bond acceptors (Lipinski definition) is 4. The van der Waals surface area contributed by atoms with Crippen LogP contribution < -0.4 is 17.7 Å². The molecule has 4 nitrogen and oxygen atoms in total. The van der Waals surface area contributed by atoms with E-state index in [0.29, 0.717) is 13.0 Å². The molecule has 0 spiro atoms. The second-order valence-corrected chi connectivity index (χ2v) is 6.02. The second kappa shape index (κ2) is 8.90. The molecule has 0 fully saturated rings. The van der Waals surface area contributed by atoms with Crippen LogP contribution in [0.25, 0.3) is 0 Å². The molecule has 0 amide bonds. The Morgan fingerprint density at radius 3 is 2.55 bits per heavy atom. The van der Waals surface area contributed by atoms with Crippen molar-refractivity contribution in [3.63, 3.8) is 0 Å². The van der Waals surface area contributed by atoms with Gasteiger partial charge in [-0.25, -0.2) is 0 Å². The maximum atomic E-state index is 11.9. The van der Waals surface area contributed by atoms with E-state index in [1.54, 1.807) is 24.3 Å². The summed E-state index contributed by atoms with van der Waals surface area (Å²) in [6.07, 6.45) is -0.157. The number of hydrogen-bond donors (Lipinski definition) is 3. The molecule has 2 unspecified atom stereocenters. The van der Waals surface area contributed by atoms with E-state index >= 15 is 0 Å². The Hall–Kier alpha value is -1.40. The van der Waals surface area contributed by atoms with Gasteiger partial charge in [-0.3, -0.25) is 4.79 Å². The number of quaternary nitrogens is 1. The number of aliphatic hydroxyl groups is 1. The van der Waals surface area contributed by atoms with E-state index in [0.717, 1.165) is 10.4 Å². The average molecular weight is 342 g/mol. The first kappa shape index (κ1) is 18.6. The van der Waals surface area contributed by atoms with Gasteiger partial charge in [-0.2, -0.15) is 0 Å². The summed E-state index contributed by atoms with van der Waals surface area (Å²) >= 11 is 1.46. The first-order valence-corrected chi connectivity index (χ1v) is 7.83. The summed E-state index contributed by atoms with van der Waals surface area (Å²) in [6, 6.07) is 10.2. The van der Waals surface area contributed by atoms with E-state index in [-0.39, 0.29) is 30.0 Å². The number of aliphatic hydroxyl groups excluding tert-OH is 1. The third-order valence-corrected chi connectivity index (χ3v) is 4.35. The highest BCUT2D eigenvalue weighted by Crippen LogP contribution is 2.18. The zero-order valence-electron chi connectivity index (χ0n) is 12.3. The molecule has 1 heterocycles. The van der Waals surface area contributed by atoms with Crippen molar-refractivity contribution in [3.8, 4) is 5.75 Å². The molecule has 2 aromatic rings. The summed E-state index contributed by atoms with van der Waals surface area (Å²) in [7, 11) is 0. The lowest BCUT2D eigenvalue weighted by atomic mass is 10.0. The SMILES string of the molecule is CC([NH2+]CCC(=O)c1cccs1)C(O)c1ccc(O)cc1.[Cl-]. The number of thiophene rings is 1. The molecule has 6 heteroatoms. The number of nitrogens with two attached hydrogens (primary N) is 1. The third kappa shape index (κ3) is 5.10. The molecule has 0 aliphatic carbocycles. The Kier molecular flexibility index (Phi) is 7.55. The van der Waals surface area contributed by atoms with Gasteiger partial charge in [0.05, 0.1) is 17.8 Å². The molecular weight excluding hydrogens is 322 g/mol. The summed E-state index contributed by atoms with van der Waals surface area (Å²) < 4.78 is 0. The molecule has 0 saturated carbocycles. The van der Waals surface area contributed by atoms with Gasteiger partial charge in [0.25, 0.3) is 0 Å². The first-order chi connectivity index (χ1) is 10.1. The number of phenolic OH excluding ortho intramolecular Hbond substituents is 1. The van der Waals surface area contributed by atoms with Crippen LogP contribution in [0.3, 0.4) is 0 Å². The van der Waals surface area contributed by atoms with Crippen molar-refractivity contribution >= 4 is 17.1 Å². The lowest BCUT2D eigenvalue weighted by Crippen LogP contribution is -3.00. The molecule has 1 aromatic heterocycles. The highest BCUT2D eigenvalue weighted by Gasteiger charge is 2.19. The monoisotopic (exact) mass is 341 g/mol. The minimum absolute atomic E-state index is 0. The Morgan fingerprint density at radius 1 is 1.27 bits per heavy atom. The number of aromatic hydroxyl groups is 1. The van der Waals surface area contributed by atoms with Crippen molar-refractivity contribution in [2.75, 3.05) is 6.54 Å². The van der Waals surface area contributed by atoms with Crippen LogP contribution >= 0.6 is 11.3 Å². The lowest BCUT2D eigenvalue weighted by Gasteiger charge is -2.17. The van der Waals surface area contributed by atoms with Crippen LogP contribution in [0, 0.1) is 0 Å². The number of ketones is 1. The van der Waals surface area contributed by atoms with E-state index in [4.69, 9.17) is 0 Å². The normalized spacial score (nSPS) is 13.2. The van der Waals surface area contributed by atoms with Crippen LogP contribution in [0.1, 0.15) is 34.7 Å². The predicted molar refractivity (Wildman–Crippen MR) is 82.6 cm³/mol. The topological polar surface area (TPSA) is 74.1 Å². The number of benzene rings is 1. The van der Waals surface area contributed by atoms with Crippen LogP contribution in [-0.2, 0) is 0 Å². The number of rotatable bonds is 7. The maximum absolute atomic E-state index is 11.9. The molecule has 120 valence electrons. The Morgan fingerprint density at radius 2 is 1.95 bits per heavy atom. The number of halogens is 1. The third-order valence-electron chi connectivity index (χ3n) is 3.44. The molecule has 4 N–H and O–H groups in total. The van der Waals surface area contributed by atoms with Crippen molar-refractivity contribution in [1.29, 1.82) is 0 Å². The average Bonchev–Trinajstić information content (AvgIpc) is 3.01. The number of Topliss-reactive ketones (excluding diaryl/α,β-unsaturated/α-hetero) is 1. The van der Waals surface area contributed by atoms with E-state index in [1.165, 1.54) is 11.3 Å². The molecular formula is C16H20ClNO3S. The van der Waals surface area contributed by atoms with Crippen LogP contribution in [0.15, 0.2) is 41.8 Å². The largest absolute Gasteiger partial charge is 1.00 e. The van der Waals surface area contributed by atoms with Crippen molar-refractivity contribution in [3.05, 3.63) is 52.2 Å². The number of carbonyl (C=O) groups excluding carboxylic acids is 1. The van der Waals surface area contributed by atoms with Crippen LogP contribution in [0.5, 0.6) is 5.75 Å². The van der Waals surface area contributed by atoms with Gasteiger partial charge < -0.3 is 27.9 Å². The van der Waals surface area contributed by atoms with Crippen molar-refractivity contribution in [1.82, 2.24) is 0 Å². The molecule has 0 radical (unpaired) electrons. The quantitative estimate of drug-likeness (QED) is 0.549. The molecule has 1 aromatic carbocycles. The van der Waals surface area contributed by atoms with E-state index in [9.17, 15) is 15.0 Å². The Bertz CT molecular complexity index is 572. The van der Waals surface area contributed by atoms with E-state index in [2.05, 4.69) is 0 Å². The fraction of sp³-hybridized carbons (Fsp3) is 0.312. The maximum Gasteiger partial charge on any atom is 0.178 e. The Balaban J connectivity index is 0.00000242. The fourth-order valence-electron chi connectivity index (χ4n) is 2.14. The van der Waals surface area contributed by atoms with Crippen molar-refractivity contribution in [2.24, 2.45) is 0 Å². The lowest BCUT2D eigenvalue weighted by molar-refractivity contribution is -0.693. The Labute approximate surface area is 140 Å². The van der Waals surface area contributed by atoms with Crippen molar-refractivity contribution < 1.29 is 32.7 Å².